The first-order valence-corrected chi connectivity index (χ1v) is 8.78. The standard InChI is InChI=1S/C20H25N3O2/c1-25-19-6-2-4-17(12-19)15-23-10-7-16(8-11-23)13-22-20(24)18-5-3-9-21-14-18/h2-6,9,12,14,16H,7-8,10-11,13,15H2,1H3,(H,22,24). The number of nitrogens with one attached hydrogen (secondary N) is 1. The number of nitrogens with zero attached hydrogens (tertiary/aromatic N) is 2. The zero-order valence-electron chi connectivity index (χ0n) is 14.6. The number of carbonyl (C=O) groups is 1. The predicted molar refractivity (Wildman–Crippen MR) is 97.6 cm³/mol. The van der Waals surface area contributed by atoms with E-state index in [4.69, 9.17) is 4.74 Å². The maximum absolute atomic E-state index is 12.1. The van der Waals surface area contributed by atoms with Crippen LogP contribution in [-0.2, 0) is 6.54 Å². The number of ether oxygens (including phenoxy) is 1. The summed E-state index contributed by atoms with van der Waals surface area (Å²) in [6, 6.07) is 11.8. The fraction of sp³-hybridized carbons (Fsp3) is 0.400. The lowest BCUT2D eigenvalue weighted by Gasteiger charge is -2.32. The highest BCUT2D eigenvalue weighted by Crippen LogP contribution is 2.20. The summed E-state index contributed by atoms with van der Waals surface area (Å²) in [5.74, 6) is 1.42. The van der Waals surface area contributed by atoms with Gasteiger partial charge in [-0.2, -0.15) is 0 Å². The molecule has 0 aliphatic carbocycles. The Morgan fingerprint density at radius 3 is 2.84 bits per heavy atom. The zero-order chi connectivity index (χ0) is 17.5. The Labute approximate surface area is 149 Å². The zero-order valence-corrected chi connectivity index (χ0v) is 14.6. The molecule has 0 atom stereocenters. The maximum atomic E-state index is 12.1. The molecule has 1 saturated heterocycles. The maximum Gasteiger partial charge on any atom is 0.252 e. The monoisotopic (exact) mass is 339 g/mol. The van der Waals surface area contributed by atoms with Crippen molar-refractivity contribution >= 4 is 5.91 Å². The molecule has 0 bridgehead atoms. The highest BCUT2D eigenvalue weighted by molar-refractivity contribution is 5.93. The number of amides is 1. The van der Waals surface area contributed by atoms with Crippen molar-refractivity contribution in [1.29, 1.82) is 0 Å². The number of hydrogen-bond donors (Lipinski definition) is 1. The highest BCUT2D eigenvalue weighted by atomic mass is 16.5. The van der Waals surface area contributed by atoms with Gasteiger partial charge in [0.05, 0.1) is 12.7 Å². The summed E-state index contributed by atoms with van der Waals surface area (Å²) in [5.41, 5.74) is 1.90. The van der Waals surface area contributed by atoms with Gasteiger partial charge in [-0.3, -0.25) is 14.7 Å². The molecule has 132 valence electrons. The molecule has 1 aliphatic heterocycles. The van der Waals surface area contributed by atoms with Crippen LogP contribution in [0.4, 0.5) is 0 Å². The smallest absolute Gasteiger partial charge is 0.252 e. The van der Waals surface area contributed by atoms with E-state index in [1.807, 2.05) is 12.1 Å². The third-order valence-electron chi connectivity index (χ3n) is 4.72. The first-order valence-electron chi connectivity index (χ1n) is 8.78. The number of carbonyl (C=O) groups excluding carboxylic acids is 1. The molecule has 1 N–H and O–H groups in total. The average molecular weight is 339 g/mol. The number of likely N-dealkylation sites (tertiary alicyclic amines) is 1. The van der Waals surface area contributed by atoms with Crippen LogP contribution in [0, 0.1) is 5.92 Å². The van der Waals surface area contributed by atoms with Crippen LogP contribution in [0.1, 0.15) is 28.8 Å². The second-order valence-electron chi connectivity index (χ2n) is 6.52. The molecule has 0 saturated carbocycles. The van der Waals surface area contributed by atoms with Gasteiger partial charge < -0.3 is 10.1 Å². The van der Waals surface area contributed by atoms with Crippen LogP contribution < -0.4 is 10.1 Å². The molecule has 0 radical (unpaired) electrons. The van der Waals surface area contributed by atoms with Gasteiger partial charge in [0, 0.05) is 25.5 Å². The number of rotatable bonds is 6. The Morgan fingerprint density at radius 1 is 1.28 bits per heavy atom. The number of pyridine rings is 1. The fourth-order valence-corrected chi connectivity index (χ4v) is 3.21. The minimum absolute atomic E-state index is 0.0353. The van der Waals surface area contributed by atoms with E-state index < -0.39 is 0 Å². The number of methoxy groups -OCH3 is 1. The topological polar surface area (TPSA) is 54.5 Å². The molecule has 1 aliphatic rings. The molecule has 5 nitrogen and oxygen atoms in total. The molecule has 1 amide bonds. The van der Waals surface area contributed by atoms with Crippen LogP contribution in [0.5, 0.6) is 5.75 Å². The summed E-state index contributed by atoms with van der Waals surface area (Å²) in [6.07, 6.45) is 5.50. The molecule has 2 heterocycles. The van der Waals surface area contributed by atoms with Crippen LogP contribution in [0.2, 0.25) is 0 Å². The normalized spacial score (nSPS) is 15.7. The van der Waals surface area contributed by atoms with Crippen LogP contribution in [0.3, 0.4) is 0 Å². The first-order chi connectivity index (χ1) is 12.2. The molecule has 5 heteroatoms. The van der Waals surface area contributed by atoms with Crippen molar-refractivity contribution in [3.8, 4) is 5.75 Å². The quantitative estimate of drug-likeness (QED) is 0.879. The Balaban J connectivity index is 1.42. The minimum Gasteiger partial charge on any atom is -0.497 e. The second kappa shape index (κ2) is 8.62. The Morgan fingerprint density at radius 2 is 2.12 bits per heavy atom. The Kier molecular flexibility index (Phi) is 6.01. The second-order valence-corrected chi connectivity index (χ2v) is 6.52. The van der Waals surface area contributed by atoms with Gasteiger partial charge in [-0.05, 0) is 61.7 Å². The van der Waals surface area contributed by atoms with E-state index in [9.17, 15) is 4.79 Å². The number of hydrogen-bond acceptors (Lipinski definition) is 4. The van der Waals surface area contributed by atoms with E-state index in [1.165, 1.54) is 5.56 Å². The molecule has 25 heavy (non-hydrogen) atoms. The van der Waals surface area contributed by atoms with E-state index >= 15 is 0 Å². The van der Waals surface area contributed by atoms with Crippen molar-refractivity contribution in [3.05, 3.63) is 59.9 Å². The van der Waals surface area contributed by atoms with Crippen molar-refractivity contribution in [2.75, 3.05) is 26.7 Å². The molecular weight excluding hydrogens is 314 g/mol. The van der Waals surface area contributed by atoms with Gasteiger partial charge in [0.1, 0.15) is 5.75 Å². The summed E-state index contributed by atoms with van der Waals surface area (Å²) < 4.78 is 5.29. The van der Waals surface area contributed by atoms with Gasteiger partial charge in [-0.25, -0.2) is 0 Å². The van der Waals surface area contributed by atoms with E-state index in [0.717, 1.165) is 44.8 Å². The lowest BCUT2D eigenvalue weighted by atomic mass is 9.96. The van der Waals surface area contributed by atoms with Gasteiger partial charge in [0.2, 0.25) is 0 Å². The number of piperidine rings is 1. The van der Waals surface area contributed by atoms with Gasteiger partial charge in [-0.15, -0.1) is 0 Å². The third-order valence-corrected chi connectivity index (χ3v) is 4.72. The Bertz CT molecular complexity index is 682. The molecule has 0 spiro atoms. The van der Waals surface area contributed by atoms with E-state index in [0.29, 0.717) is 11.5 Å². The predicted octanol–water partition coefficient (Wildman–Crippen LogP) is 2.73. The first kappa shape index (κ1) is 17.4. The van der Waals surface area contributed by atoms with Crippen LogP contribution in [0.15, 0.2) is 48.8 Å². The van der Waals surface area contributed by atoms with Gasteiger partial charge in [0.25, 0.3) is 5.91 Å². The largest absolute Gasteiger partial charge is 0.497 e. The van der Waals surface area contributed by atoms with Crippen molar-refractivity contribution in [1.82, 2.24) is 15.2 Å². The summed E-state index contributed by atoms with van der Waals surface area (Å²) in [4.78, 5) is 18.5. The lowest BCUT2D eigenvalue weighted by Crippen LogP contribution is -2.38. The lowest BCUT2D eigenvalue weighted by molar-refractivity contribution is 0.0935. The van der Waals surface area contributed by atoms with Crippen molar-refractivity contribution < 1.29 is 9.53 Å². The average Bonchev–Trinajstić information content (AvgIpc) is 2.68. The van der Waals surface area contributed by atoms with E-state index in [1.54, 1.807) is 31.6 Å². The van der Waals surface area contributed by atoms with Crippen molar-refractivity contribution in [2.24, 2.45) is 5.92 Å². The Hall–Kier alpha value is -2.40. The van der Waals surface area contributed by atoms with Gasteiger partial charge in [0.15, 0.2) is 0 Å². The van der Waals surface area contributed by atoms with Crippen molar-refractivity contribution in [2.45, 2.75) is 19.4 Å². The van der Waals surface area contributed by atoms with E-state index in [-0.39, 0.29) is 5.91 Å². The molecular formula is C20H25N3O2. The molecule has 2 aromatic rings. The highest BCUT2D eigenvalue weighted by Gasteiger charge is 2.20. The molecule has 1 aromatic heterocycles. The third kappa shape index (κ3) is 5.03. The fourth-order valence-electron chi connectivity index (χ4n) is 3.21. The molecule has 1 fully saturated rings. The summed E-state index contributed by atoms with van der Waals surface area (Å²) in [7, 11) is 1.70. The van der Waals surface area contributed by atoms with Crippen LogP contribution in [0.25, 0.3) is 0 Å². The molecule has 1 aromatic carbocycles. The number of benzene rings is 1. The van der Waals surface area contributed by atoms with Crippen molar-refractivity contribution in [3.63, 3.8) is 0 Å². The molecule has 3 rings (SSSR count). The SMILES string of the molecule is COc1cccc(CN2CCC(CNC(=O)c3cccnc3)CC2)c1. The summed E-state index contributed by atoms with van der Waals surface area (Å²) >= 11 is 0. The van der Waals surface area contributed by atoms with Crippen LogP contribution >= 0.6 is 0 Å². The van der Waals surface area contributed by atoms with Gasteiger partial charge in [-0.1, -0.05) is 12.1 Å². The van der Waals surface area contributed by atoms with E-state index in [2.05, 4.69) is 27.3 Å². The molecule has 0 unspecified atom stereocenters. The summed E-state index contributed by atoms with van der Waals surface area (Å²) in [6.45, 7) is 3.81. The van der Waals surface area contributed by atoms with Gasteiger partial charge >= 0.3 is 0 Å². The van der Waals surface area contributed by atoms with Crippen LogP contribution in [-0.4, -0.2) is 42.5 Å². The number of aromatic nitrogens is 1. The summed E-state index contributed by atoms with van der Waals surface area (Å²) in [5, 5.41) is 3.03. The minimum atomic E-state index is -0.0353.